The van der Waals surface area contributed by atoms with Crippen LogP contribution in [0.5, 0.6) is 0 Å². The molecule has 2 bridgehead atoms. The first-order valence-corrected chi connectivity index (χ1v) is 8.85. The fraction of sp³-hybridized carbons (Fsp3) is 0.444. The van der Waals surface area contributed by atoms with Gasteiger partial charge in [0, 0.05) is 10.2 Å². The van der Waals surface area contributed by atoms with Gasteiger partial charge < -0.3 is 14.4 Å². The van der Waals surface area contributed by atoms with Crippen LogP contribution >= 0.6 is 15.9 Å². The highest BCUT2D eigenvalue weighted by Gasteiger charge is 2.67. The summed E-state index contributed by atoms with van der Waals surface area (Å²) in [7, 11) is 0. The van der Waals surface area contributed by atoms with Gasteiger partial charge in [0.05, 0.1) is 24.7 Å². The molecule has 1 spiro atoms. The van der Waals surface area contributed by atoms with Crippen LogP contribution in [0.3, 0.4) is 0 Å². The number of fused-ring (bicyclic) bond motifs is 1. The molecule has 126 valence electrons. The molecule has 0 radical (unpaired) electrons. The van der Waals surface area contributed by atoms with Gasteiger partial charge in [-0.1, -0.05) is 28.1 Å². The number of ether oxygens (including phenoxy) is 2. The number of amides is 1. The van der Waals surface area contributed by atoms with Crippen LogP contribution in [0.4, 0.5) is 5.69 Å². The van der Waals surface area contributed by atoms with Crippen molar-refractivity contribution in [3.05, 3.63) is 40.9 Å². The molecule has 2 fully saturated rings. The SMILES string of the molecule is CC(C)OC(=O)[C@@H]1[C@@H]2C=C[C@@]3(CN(c4ccc(Br)cc4)C(=O)[C@H]13)O2. The monoisotopic (exact) mass is 391 g/mol. The van der Waals surface area contributed by atoms with Crippen LogP contribution in [0.2, 0.25) is 0 Å². The van der Waals surface area contributed by atoms with Crippen molar-refractivity contribution < 1.29 is 19.1 Å². The van der Waals surface area contributed by atoms with Gasteiger partial charge in [-0.05, 0) is 38.1 Å². The van der Waals surface area contributed by atoms with Gasteiger partial charge in [-0.25, -0.2) is 0 Å². The van der Waals surface area contributed by atoms with Gasteiger partial charge in [0.15, 0.2) is 0 Å². The van der Waals surface area contributed by atoms with Crippen molar-refractivity contribution in [2.75, 3.05) is 11.4 Å². The van der Waals surface area contributed by atoms with Crippen molar-refractivity contribution in [2.45, 2.75) is 31.7 Å². The van der Waals surface area contributed by atoms with Crippen LogP contribution in [0.15, 0.2) is 40.9 Å². The quantitative estimate of drug-likeness (QED) is 0.587. The molecule has 5 nitrogen and oxygen atoms in total. The topological polar surface area (TPSA) is 55.8 Å². The van der Waals surface area contributed by atoms with Crippen LogP contribution < -0.4 is 4.90 Å². The van der Waals surface area contributed by atoms with E-state index in [1.165, 1.54) is 0 Å². The van der Waals surface area contributed by atoms with Crippen molar-refractivity contribution in [1.29, 1.82) is 0 Å². The molecule has 1 aromatic rings. The molecule has 4 rings (SSSR count). The molecule has 0 N–H and O–H groups in total. The minimum absolute atomic E-state index is 0.0742. The van der Waals surface area contributed by atoms with Gasteiger partial charge >= 0.3 is 5.97 Å². The van der Waals surface area contributed by atoms with E-state index in [9.17, 15) is 9.59 Å². The Kier molecular flexibility index (Phi) is 3.58. The van der Waals surface area contributed by atoms with E-state index in [1.807, 2.05) is 50.3 Å². The van der Waals surface area contributed by atoms with Gasteiger partial charge in [0.25, 0.3) is 0 Å². The lowest BCUT2D eigenvalue weighted by atomic mass is 9.77. The van der Waals surface area contributed by atoms with E-state index in [4.69, 9.17) is 9.47 Å². The summed E-state index contributed by atoms with van der Waals surface area (Å²) in [4.78, 5) is 27.3. The first-order chi connectivity index (χ1) is 11.4. The summed E-state index contributed by atoms with van der Waals surface area (Å²) in [6, 6.07) is 7.56. The molecule has 0 saturated carbocycles. The summed E-state index contributed by atoms with van der Waals surface area (Å²) in [6.07, 6.45) is 3.26. The maximum atomic E-state index is 13.1. The van der Waals surface area contributed by atoms with E-state index in [0.717, 1.165) is 10.2 Å². The third kappa shape index (κ3) is 2.24. The van der Waals surface area contributed by atoms with Crippen LogP contribution in [0, 0.1) is 11.8 Å². The summed E-state index contributed by atoms with van der Waals surface area (Å²) in [5.41, 5.74) is 0.0959. The van der Waals surface area contributed by atoms with E-state index < -0.39 is 17.4 Å². The van der Waals surface area contributed by atoms with Crippen LogP contribution in [0.1, 0.15) is 13.8 Å². The fourth-order valence-electron chi connectivity index (χ4n) is 3.92. The number of carbonyl (C=O) groups is 2. The molecule has 24 heavy (non-hydrogen) atoms. The van der Waals surface area contributed by atoms with Gasteiger partial charge in [0.1, 0.15) is 11.5 Å². The standard InChI is InChI=1S/C18H18BrNO4/c1-10(2)23-17(22)14-13-7-8-18(24-13)9-20(16(21)15(14)18)12-5-3-11(19)4-6-12/h3-8,10,13-15H,9H2,1-2H3/t13-,14+,15-,18-/m0/s1. The predicted octanol–water partition coefficient (Wildman–Crippen LogP) is 2.69. The molecule has 0 aromatic heterocycles. The minimum atomic E-state index is -0.713. The first-order valence-electron chi connectivity index (χ1n) is 8.06. The number of hydrogen-bond acceptors (Lipinski definition) is 4. The van der Waals surface area contributed by atoms with Crippen LogP contribution in [-0.2, 0) is 19.1 Å². The van der Waals surface area contributed by atoms with Crippen LogP contribution in [0.25, 0.3) is 0 Å². The van der Waals surface area contributed by atoms with E-state index >= 15 is 0 Å². The van der Waals surface area contributed by atoms with E-state index in [2.05, 4.69) is 15.9 Å². The summed E-state index contributed by atoms with van der Waals surface area (Å²) in [6.45, 7) is 4.04. The second kappa shape index (κ2) is 5.43. The lowest BCUT2D eigenvalue weighted by Gasteiger charge is -2.23. The predicted molar refractivity (Wildman–Crippen MR) is 91.4 cm³/mol. The molecule has 3 heterocycles. The van der Waals surface area contributed by atoms with Crippen molar-refractivity contribution in [1.82, 2.24) is 0 Å². The third-order valence-electron chi connectivity index (χ3n) is 4.86. The molecule has 3 aliphatic heterocycles. The molecule has 2 saturated heterocycles. The fourth-order valence-corrected chi connectivity index (χ4v) is 4.18. The van der Waals surface area contributed by atoms with Gasteiger partial charge in [-0.3, -0.25) is 9.59 Å². The zero-order valence-electron chi connectivity index (χ0n) is 13.4. The molecule has 3 aliphatic rings. The Balaban J connectivity index is 1.66. The average molecular weight is 392 g/mol. The number of nitrogens with zero attached hydrogens (tertiary/aromatic N) is 1. The lowest BCUT2D eigenvalue weighted by molar-refractivity contribution is -0.156. The Hall–Kier alpha value is -1.66. The molecule has 0 aliphatic carbocycles. The highest BCUT2D eigenvalue weighted by molar-refractivity contribution is 9.10. The van der Waals surface area contributed by atoms with Gasteiger partial charge in [-0.2, -0.15) is 0 Å². The number of benzene rings is 1. The maximum Gasteiger partial charge on any atom is 0.313 e. The Morgan fingerprint density at radius 2 is 2.08 bits per heavy atom. The van der Waals surface area contributed by atoms with E-state index in [1.54, 1.807) is 4.90 Å². The molecule has 4 atom stereocenters. The summed E-state index contributed by atoms with van der Waals surface area (Å²) in [5, 5.41) is 0. The highest BCUT2D eigenvalue weighted by atomic mass is 79.9. The Bertz CT molecular complexity index is 729. The summed E-state index contributed by atoms with van der Waals surface area (Å²) >= 11 is 3.40. The zero-order valence-corrected chi connectivity index (χ0v) is 15.0. The molecular weight excluding hydrogens is 374 g/mol. The zero-order chi connectivity index (χ0) is 17.1. The van der Waals surface area contributed by atoms with Crippen LogP contribution in [-0.4, -0.2) is 36.2 Å². The molecule has 6 heteroatoms. The summed E-state index contributed by atoms with van der Waals surface area (Å²) < 4.78 is 12.4. The number of esters is 1. The molecule has 1 aromatic carbocycles. The number of hydrogen-bond donors (Lipinski definition) is 0. The molecule has 0 unspecified atom stereocenters. The minimum Gasteiger partial charge on any atom is -0.463 e. The Morgan fingerprint density at radius 3 is 2.75 bits per heavy atom. The molecular formula is C18H18BrNO4. The largest absolute Gasteiger partial charge is 0.463 e. The number of rotatable bonds is 3. The number of carbonyl (C=O) groups excluding carboxylic acids is 2. The highest BCUT2D eigenvalue weighted by Crippen LogP contribution is 2.53. The second-order valence-corrected chi connectivity index (χ2v) is 7.70. The van der Waals surface area contributed by atoms with Gasteiger partial charge in [0.2, 0.25) is 5.91 Å². The summed E-state index contributed by atoms with van der Waals surface area (Å²) in [5.74, 6) is -1.50. The number of halogens is 1. The van der Waals surface area contributed by atoms with Gasteiger partial charge in [-0.15, -0.1) is 0 Å². The Morgan fingerprint density at radius 1 is 1.38 bits per heavy atom. The van der Waals surface area contributed by atoms with Crippen molar-refractivity contribution >= 4 is 33.5 Å². The number of anilines is 1. The second-order valence-electron chi connectivity index (χ2n) is 6.79. The van der Waals surface area contributed by atoms with E-state index in [0.29, 0.717) is 6.54 Å². The average Bonchev–Trinajstić information content (AvgIpc) is 3.16. The molecule has 1 amide bonds. The third-order valence-corrected chi connectivity index (χ3v) is 5.39. The van der Waals surface area contributed by atoms with Crippen molar-refractivity contribution in [3.8, 4) is 0 Å². The first kappa shape index (κ1) is 15.8. The smallest absolute Gasteiger partial charge is 0.313 e. The van der Waals surface area contributed by atoms with Crippen molar-refractivity contribution in [3.63, 3.8) is 0 Å². The maximum absolute atomic E-state index is 13.1. The lowest BCUT2D eigenvalue weighted by Crippen LogP contribution is -2.40. The van der Waals surface area contributed by atoms with Crippen molar-refractivity contribution in [2.24, 2.45) is 11.8 Å². The Labute approximate surface area is 148 Å². The normalized spacial score (nSPS) is 33.4. The van der Waals surface area contributed by atoms with E-state index in [-0.39, 0.29) is 24.1 Å².